The standard InChI is InChI=1S/C11H15NOS2/c14-10(3-1-2-9-4-5-9)8-15-11-12-6-7-13-11/h6-7,9H,1-5,8H2. The van der Waals surface area contributed by atoms with Crippen molar-refractivity contribution >= 4 is 28.8 Å². The number of thiocarbonyl (C=S) groups is 1. The Bertz CT molecular complexity index is 306. The maximum absolute atomic E-state index is 5.31. The fraction of sp³-hybridized carbons (Fsp3) is 0.636. The summed E-state index contributed by atoms with van der Waals surface area (Å²) in [6, 6.07) is 0. The van der Waals surface area contributed by atoms with E-state index in [4.69, 9.17) is 16.6 Å². The van der Waals surface area contributed by atoms with Crippen molar-refractivity contribution in [3.05, 3.63) is 12.5 Å². The van der Waals surface area contributed by atoms with Crippen molar-refractivity contribution in [1.82, 2.24) is 4.98 Å². The van der Waals surface area contributed by atoms with Crippen LogP contribution >= 0.6 is 24.0 Å². The highest BCUT2D eigenvalue weighted by molar-refractivity contribution is 8.00. The second kappa shape index (κ2) is 5.66. The molecule has 1 fully saturated rings. The molecule has 1 heterocycles. The average Bonchev–Trinajstić information content (AvgIpc) is 2.91. The second-order valence-electron chi connectivity index (χ2n) is 3.96. The molecule has 1 saturated carbocycles. The van der Waals surface area contributed by atoms with Crippen LogP contribution in [0.2, 0.25) is 0 Å². The van der Waals surface area contributed by atoms with Gasteiger partial charge in [-0.1, -0.05) is 43.2 Å². The Balaban J connectivity index is 1.55. The van der Waals surface area contributed by atoms with Crippen LogP contribution in [-0.4, -0.2) is 15.6 Å². The molecular weight excluding hydrogens is 226 g/mol. The molecule has 0 radical (unpaired) electrons. The van der Waals surface area contributed by atoms with E-state index in [2.05, 4.69) is 4.98 Å². The van der Waals surface area contributed by atoms with Crippen LogP contribution in [0.15, 0.2) is 22.1 Å². The van der Waals surface area contributed by atoms with E-state index in [1.54, 1.807) is 24.2 Å². The number of oxazole rings is 1. The minimum atomic E-state index is 0.722. The van der Waals surface area contributed by atoms with Gasteiger partial charge in [0.15, 0.2) is 0 Å². The number of thioether (sulfide) groups is 1. The average molecular weight is 241 g/mol. The third kappa shape index (κ3) is 4.34. The molecule has 0 spiro atoms. The first kappa shape index (κ1) is 11.1. The molecule has 0 aromatic carbocycles. The summed E-state index contributed by atoms with van der Waals surface area (Å²) >= 11 is 6.90. The van der Waals surface area contributed by atoms with Gasteiger partial charge in [0.25, 0.3) is 5.22 Å². The molecule has 2 rings (SSSR count). The van der Waals surface area contributed by atoms with Crippen LogP contribution in [0.1, 0.15) is 32.1 Å². The normalized spacial score (nSPS) is 15.5. The second-order valence-corrected chi connectivity index (χ2v) is 5.46. The van der Waals surface area contributed by atoms with Gasteiger partial charge in [-0.2, -0.15) is 0 Å². The molecule has 15 heavy (non-hydrogen) atoms. The van der Waals surface area contributed by atoms with E-state index in [0.717, 1.165) is 28.2 Å². The summed E-state index contributed by atoms with van der Waals surface area (Å²) in [5.74, 6) is 1.88. The van der Waals surface area contributed by atoms with Gasteiger partial charge in [0.2, 0.25) is 0 Å². The molecule has 1 aromatic rings. The zero-order chi connectivity index (χ0) is 10.5. The van der Waals surface area contributed by atoms with Crippen LogP contribution in [0.5, 0.6) is 0 Å². The Morgan fingerprint density at radius 1 is 1.60 bits per heavy atom. The summed E-state index contributed by atoms with van der Waals surface area (Å²) in [4.78, 5) is 5.18. The molecule has 0 bridgehead atoms. The monoisotopic (exact) mass is 241 g/mol. The Morgan fingerprint density at radius 3 is 3.13 bits per heavy atom. The van der Waals surface area contributed by atoms with Gasteiger partial charge in [-0.3, -0.25) is 0 Å². The number of nitrogens with zero attached hydrogens (tertiary/aromatic N) is 1. The third-order valence-electron chi connectivity index (χ3n) is 2.53. The highest BCUT2D eigenvalue weighted by Gasteiger charge is 2.20. The fourth-order valence-electron chi connectivity index (χ4n) is 1.49. The molecule has 1 aliphatic carbocycles. The molecule has 0 amide bonds. The number of hydrogen-bond acceptors (Lipinski definition) is 4. The summed E-state index contributed by atoms with van der Waals surface area (Å²) in [6.45, 7) is 0. The fourth-order valence-corrected chi connectivity index (χ4v) is 2.50. The number of hydrogen-bond donors (Lipinski definition) is 0. The summed E-state index contributed by atoms with van der Waals surface area (Å²) in [7, 11) is 0. The van der Waals surface area contributed by atoms with E-state index in [9.17, 15) is 0 Å². The minimum Gasteiger partial charge on any atom is -0.440 e. The molecule has 0 aliphatic heterocycles. The third-order valence-corrected chi connectivity index (χ3v) is 4.00. The molecule has 0 unspecified atom stereocenters. The van der Waals surface area contributed by atoms with Crippen LogP contribution < -0.4 is 0 Å². The molecule has 0 atom stereocenters. The van der Waals surface area contributed by atoms with Crippen molar-refractivity contribution in [3.8, 4) is 0 Å². The van der Waals surface area contributed by atoms with Crippen LogP contribution in [0, 0.1) is 5.92 Å². The first-order valence-corrected chi connectivity index (χ1v) is 6.78. The van der Waals surface area contributed by atoms with Crippen molar-refractivity contribution in [1.29, 1.82) is 0 Å². The van der Waals surface area contributed by atoms with Crippen molar-refractivity contribution in [3.63, 3.8) is 0 Å². The lowest BCUT2D eigenvalue weighted by Crippen LogP contribution is -1.98. The molecule has 0 saturated heterocycles. The smallest absolute Gasteiger partial charge is 0.255 e. The van der Waals surface area contributed by atoms with Crippen LogP contribution in [0.3, 0.4) is 0 Å². The summed E-state index contributed by atoms with van der Waals surface area (Å²) < 4.78 is 5.13. The lowest BCUT2D eigenvalue weighted by Gasteiger charge is -2.01. The summed E-state index contributed by atoms with van der Waals surface area (Å²) in [6.07, 6.45) is 9.85. The number of rotatable bonds is 7. The predicted molar refractivity (Wildman–Crippen MR) is 66.4 cm³/mol. The van der Waals surface area contributed by atoms with E-state index >= 15 is 0 Å². The highest BCUT2D eigenvalue weighted by Crippen LogP contribution is 2.34. The van der Waals surface area contributed by atoms with Gasteiger partial charge in [0.1, 0.15) is 6.26 Å². The van der Waals surface area contributed by atoms with Crippen molar-refractivity contribution < 1.29 is 4.42 Å². The first-order valence-electron chi connectivity index (χ1n) is 5.38. The minimum absolute atomic E-state index is 0.722. The quantitative estimate of drug-likeness (QED) is 0.537. The zero-order valence-corrected chi connectivity index (χ0v) is 10.3. The van der Waals surface area contributed by atoms with E-state index in [1.165, 1.54) is 25.7 Å². The van der Waals surface area contributed by atoms with Gasteiger partial charge in [0.05, 0.1) is 6.20 Å². The van der Waals surface area contributed by atoms with Gasteiger partial charge in [0, 0.05) is 10.6 Å². The highest BCUT2D eigenvalue weighted by atomic mass is 32.2. The van der Waals surface area contributed by atoms with Gasteiger partial charge in [-0.25, -0.2) is 4.98 Å². The SMILES string of the molecule is S=C(CCCC1CC1)CSc1ncco1. The lowest BCUT2D eigenvalue weighted by atomic mass is 10.1. The van der Waals surface area contributed by atoms with E-state index in [1.807, 2.05) is 0 Å². The topological polar surface area (TPSA) is 26.0 Å². The molecule has 1 aliphatic rings. The largest absolute Gasteiger partial charge is 0.440 e. The van der Waals surface area contributed by atoms with Crippen LogP contribution in [-0.2, 0) is 0 Å². The van der Waals surface area contributed by atoms with E-state index in [0.29, 0.717) is 0 Å². The zero-order valence-electron chi connectivity index (χ0n) is 8.65. The van der Waals surface area contributed by atoms with Crippen LogP contribution in [0.4, 0.5) is 0 Å². The Labute approximate surface area is 99.8 Å². The summed E-state index contributed by atoms with van der Waals surface area (Å²) in [5, 5.41) is 0.722. The van der Waals surface area contributed by atoms with Crippen molar-refractivity contribution in [2.24, 2.45) is 5.92 Å². The Hall–Kier alpha value is -0.350. The van der Waals surface area contributed by atoms with Crippen molar-refractivity contribution in [2.75, 3.05) is 5.75 Å². The van der Waals surface area contributed by atoms with Gasteiger partial charge >= 0.3 is 0 Å². The number of aromatic nitrogens is 1. The lowest BCUT2D eigenvalue weighted by molar-refractivity contribution is 0.454. The molecular formula is C11H15NOS2. The van der Waals surface area contributed by atoms with Gasteiger partial charge in [-0.05, 0) is 18.8 Å². The Morgan fingerprint density at radius 2 is 2.47 bits per heavy atom. The van der Waals surface area contributed by atoms with Crippen LogP contribution in [0.25, 0.3) is 0 Å². The first-order chi connectivity index (χ1) is 7.34. The maximum atomic E-state index is 5.31. The molecule has 1 aromatic heterocycles. The van der Waals surface area contributed by atoms with E-state index < -0.39 is 0 Å². The Kier molecular flexibility index (Phi) is 4.20. The van der Waals surface area contributed by atoms with Gasteiger partial charge in [-0.15, -0.1) is 0 Å². The van der Waals surface area contributed by atoms with E-state index in [-0.39, 0.29) is 0 Å². The van der Waals surface area contributed by atoms with Gasteiger partial charge < -0.3 is 4.42 Å². The summed E-state index contributed by atoms with van der Waals surface area (Å²) in [5.41, 5.74) is 0. The predicted octanol–water partition coefficient (Wildman–Crippen LogP) is 3.72. The molecule has 2 nitrogen and oxygen atoms in total. The molecule has 0 N–H and O–H groups in total. The molecule has 82 valence electrons. The molecule has 4 heteroatoms. The maximum Gasteiger partial charge on any atom is 0.255 e. The van der Waals surface area contributed by atoms with Crippen molar-refractivity contribution in [2.45, 2.75) is 37.3 Å².